The Bertz CT molecular complexity index is 543. The predicted octanol–water partition coefficient (Wildman–Crippen LogP) is 3.75. The van der Waals surface area contributed by atoms with Crippen LogP contribution in [0, 0.1) is 11.3 Å². The first-order valence-corrected chi connectivity index (χ1v) is 9.09. The topological polar surface area (TPSA) is 58.4 Å². The number of carbonyl (C=O) groups excluding carboxylic acids is 1. The average molecular weight is 404 g/mol. The van der Waals surface area contributed by atoms with Gasteiger partial charge >= 0.3 is 0 Å². The Kier molecular flexibility index (Phi) is 10.8. The van der Waals surface area contributed by atoms with Crippen molar-refractivity contribution in [3.05, 3.63) is 35.4 Å². The van der Waals surface area contributed by atoms with Gasteiger partial charge in [0.25, 0.3) is 0 Å². The van der Waals surface area contributed by atoms with Gasteiger partial charge in [0.1, 0.15) is 0 Å². The van der Waals surface area contributed by atoms with E-state index in [-0.39, 0.29) is 36.1 Å². The van der Waals surface area contributed by atoms with Crippen molar-refractivity contribution in [2.24, 2.45) is 17.1 Å². The van der Waals surface area contributed by atoms with Crippen LogP contribution in [0.2, 0.25) is 0 Å². The van der Waals surface area contributed by atoms with Crippen molar-refractivity contribution in [3.63, 3.8) is 0 Å². The number of halogens is 2. The summed E-state index contributed by atoms with van der Waals surface area (Å²) < 4.78 is 0. The van der Waals surface area contributed by atoms with Crippen molar-refractivity contribution in [1.29, 1.82) is 0 Å². The number of nitrogens with two attached hydrogens (primary N) is 1. The van der Waals surface area contributed by atoms with Gasteiger partial charge in [0, 0.05) is 19.6 Å². The van der Waals surface area contributed by atoms with Gasteiger partial charge in [0.15, 0.2) is 0 Å². The molecule has 4 nitrogen and oxygen atoms in total. The Morgan fingerprint density at radius 1 is 1.23 bits per heavy atom. The SMILES string of the molecule is CC1CCCN(Cc2ccc(CNC(=O)[C@@H](N)C(C)(C)C)cc2)C1.Cl.Cl. The molecule has 0 aromatic heterocycles. The van der Waals surface area contributed by atoms with Crippen molar-refractivity contribution in [2.75, 3.05) is 13.1 Å². The molecule has 150 valence electrons. The molecule has 1 unspecified atom stereocenters. The van der Waals surface area contributed by atoms with Gasteiger partial charge in [0.05, 0.1) is 6.04 Å². The van der Waals surface area contributed by atoms with Crippen LogP contribution in [0.25, 0.3) is 0 Å². The summed E-state index contributed by atoms with van der Waals surface area (Å²) in [5, 5.41) is 2.94. The molecular weight excluding hydrogens is 369 g/mol. The number of hydrogen-bond donors (Lipinski definition) is 2. The number of likely N-dealkylation sites (tertiary alicyclic amines) is 1. The number of benzene rings is 1. The van der Waals surface area contributed by atoms with Crippen LogP contribution in [-0.2, 0) is 17.9 Å². The van der Waals surface area contributed by atoms with Gasteiger partial charge in [-0.2, -0.15) is 0 Å². The molecule has 2 rings (SSSR count). The summed E-state index contributed by atoms with van der Waals surface area (Å²) in [6.07, 6.45) is 2.66. The van der Waals surface area contributed by atoms with Crippen LogP contribution in [-0.4, -0.2) is 29.9 Å². The van der Waals surface area contributed by atoms with Gasteiger partial charge in [0.2, 0.25) is 5.91 Å². The third-order valence-corrected chi connectivity index (χ3v) is 4.85. The Morgan fingerprint density at radius 3 is 2.35 bits per heavy atom. The van der Waals surface area contributed by atoms with Gasteiger partial charge in [-0.3, -0.25) is 9.69 Å². The van der Waals surface area contributed by atoms with Gasteiger partial charge in [-0.15, -0.1) is 24.8 Å². The second-order valence-corrected chi connectivity index (χ2v) is 8.36. The molecule has 1 aromatic carbocycles. The summed E-state index contributed by atoms with van der Waals surface area (Å²) in [6, 6.07) is 8.06. The van der Waals surface area contributed by atoms with Gasteiger partial charge < -0.3 is 11.1 Å². The molecule has 3 N–H and O–H groups in total. The van der Waals surface area contributed by atoms with Crippen LogP contribution in [0.3, 0.4) is 0 Å². The molecule has 0 radical (unpaired) electrons. The molecule has 1 aromatic rings. The number of nitrogens with zero attached hydrogens (tertiary/aromatic N) is 1. The Balaban J connectivity index is 0.00000312. The minimum absolute atomic E-state index is 0. The van der Waals surface area contributed by atoms with E-state index in [9.17, 15) is 4.79 Å². The summed E-state index contributed by atoms with van der Waals surface area (Å²) in [6.45, 7) is 12.2. The van der Waals surface area contributed by atoms with Gasteiger partial charge in [-0.25, -0.2) is 0 Å². The van der Waals surface area contributed by atoms with Gasteiger partial charge in [-0.05, 0) is 41.8 Å². The molecule has 1 heterocycles. The molecule has 0 aliphatic carbocycles. The number of carbonyl (C=O) groups is 1. The van der Waals surface area contributed by atoms with E-state index >= 15 is 0 Å². The van der Waals surface area contributed by atoms with E-state index in [1.807, 2.05) is 20.8 Å². The largest absolute Gasteiger partial charge is 0.351 e. The van der Waals surface area contributed by atoms with E-state index in [0.29, 0.717) is 6.54 Å². The summed E-state index contributed by atoms with van der Waals surface area (Å²) in [7, 11) is 0. The Hall–Kier alpha value is -0.810. The summed E-state index contributed by atoms with van der Waals surface area (Å²) >= 11 is 0. The molecule has 1 saturated heterocycles. The Labute approximate surface area is 171 Å². The highest BCUT2D eigenvalue weighted by Gasteiger charge is 2.27. The van der Waals surface area contributed by atoms with Crippen LogP contribution >= 0.6 is 24.8 Å². The lowest BCUT2D eigenvalue weighted by molar-refractivity contribution is -0.124. The van der Waals surface area contributed by atoms with E-state index in [1.54, 1.807) is 0 Å². The fraction of sp³-hybridized carbons (Fsp3) is 0.650. The van der Waals surface area contributed by atoms with Crippen molar-refractivity contribution in [1.82, 2.24) is 10.2 Å². The van der Waals surface area contributed by atoms with E-state index in [4.69, 9.17) is 5.73 Å². The smallest absolute Gasteiger partial charge is 0.237 e. The standard InChI is InChI=1S/C20H33N3O.2ClH/c1-15-6-5-11-23(13-15)14-17-9-7-16(8-10-17)12-22-19(24)18(21)20(2,3)4;;/h7-10,15,18H,5-6,11-14,21H2,1-4H3,(H,22,24);2*1H/t15?,18-;;/m1../s1. The number of hydrogen-bond acceptors (Lipinski definition) is 3. The first-order valence-electron chi connectivity index (χ1n) is 9.09. The minimum atomic E-state index is -0.488. The number of nitrogens with one attached hydrogen (secondary N) is 1. The molecule has 1 aliphatic rings. The van der Waals surface area contributed by atoms with Gasteiger partial charge in [-0.1, -0.05) is 52.0 Å². The van der Waals surface area contributed by atoms with Crippen LogP contribution in [0.4, 0.5) is 0 Å². The van der Waals surface area contributed by atoms with Crippen molar-refractivity contribution >= 4 is 30.7 Å². The zero-order chi connectivity index (χ0) is 17.7. The maximum atomic E-state index is 12.1. The predicted molar refractivity (Wildman–Crippen MR) is 114 cm³/mol. The molecule has 1 aliphatic heterocycles. The molecule has 26 heavy (non-hydrogen) atoms. The van der Waals surface area contributed by atoms with E-state index in [1.165, 1.54) is 31.5 Å². The molecule has 0 bridgehead atoms. The quantitative estimate of drug-likeness (QED) is 0.786. The summed E-state index contributed by atoms with van der Waals surface area (Å²) in [5.74, 6) is 0.717. The monoisotopic (exact) mass is 403 g/mol. The van der Waals surface area contributed by atoms with Crippen molar-refractivity contribution in [2.45, 2.75) is 59.7 Å². The highest BCUT2D eigenvalue weighted by atomic mass is 35.5. The molecule has 1 amide bonds. The van der Waals surface area contributed by atoms with Crippen LogP contribution < -0.4 is 11.1 Å². The summed E-state index contributed by atoms with van der Waals surface area (Å²) in [4.78, 5) is 14.6. The average Bonchev–Trinajstić information content (AvgIpc) is 2.52. The first-order chi connectivity index (χ1) is 11.3. The van der Waals surface area contributed by atoms with Crippen LogP contribution in [0.5, 0.6) is 0 Å². The lowest BCUT2D eigenvalue weighted by Crippen LogP contribution is -2.48. The fourth-order valence-electron chi connectivity index (χ4n) is 3.14. The highest BCUT2D eigenvalue weighted by Crippen LogP contribution is 2.19. The number of amides is 1. The maximum Gasteiger partial charge on any atom is 0.237 e. The molecular formula is C20H35Cl2N3O. The third-order valence-electron chi connectivity index (χ3n) is 4.85. The number of piperidine rings is 1. The molecule has 2 atom stereocenters. The second kappa shape index (κ2) is 11.1. The van der Waals surface area contributed by atoms with Crippen LogP contribution in [0.15, 0.2) is 24.3 Å². The normalized spacial score (nSPS) is 19.0. The third kappa shape index (κ3) is 7.83. The highest BCUT2D eigenvalue weighted by molar-refractivity contribution is 5.85. The molecule has 0 spiro atoms. The zero-order valence-electron chi connectivity index (χ0n) is 16.5. The molecule has 6 heteroatoms. The zero-order valence-corrected chi connectivity index (χ0v) is 18.1. The maximum absolute atomic E-state index is 12.1. The van der Waals surface area contributed by atoms with E-state index in [0.717, 1.165) is 18.0 Å². The molecule has 1 fully saturated rings. The van der Waals surface area contributed by atoms with E-state index in [2.05, 4.69) is 41.4 Å². The first kappa shape index (κ1) is 25.2. The lowest BCUT2D eigenvalue weighted by Gasteiger charge is -2.30. The van der Waals surface area contributed by atoms with E-state index < -0.39 is 6.04 Å². The van der Waals surface area contributed by atoms with Crippen LogP contribution in [0.1, 0.15) is 51.7 Å². The molecule has 0 saturated carbocycles. The Morgan fingerprint density at radius 2 is 1.81 bits per heavy atom. The number of rotatable bonds is 5. The fourth-order valence-corrected chi connectivity index (χ4v) is 3.14. The second-order valence-electron chi connectivity index (χ2n) is 8.36. The summed E-state index contributed by atoms with van der Waals surface area (Å²) in [5.41, 5.74) is 8.21. The lowest BCUT2D eigenvalue weighted by atomic mass is 9.87. The van der Waals surface area contributed by atoms with Crippen molar-refractivity contribution < 1.29 is 4.79 Å². The minimum Gasteiger partial charge on any atom is -0.351 e. The van der Waals surface area contributed by atoms with Crippen molar-refractivity contribution in [3.8, 4) is 0 Å².